The van der Waals surface area contributed by atoms with Crippen LogP contribution in [0.5, 0.6) is 0 Å². The molecule has 0 aromatic heterocycles. The van der Waals surface area contributed by atoms with Crippen molar-refractivity contribution in [3.05, 3.63) is 35.9 Å². The van der Waals surface area contributed by atoms with Gasteiger partial charge in [0.15, 0.2) is 0 Å². The van der Waals surface area contributed by atoms with Gasteiger partial charge in [-0.1, -0.05) is 30.3 Å². The van der Waals surface area contributed by atoms with E-state index < -0.39 is 12.0 Å². The number of alkyl halides is 2. The Kier molecular flexibility index (Phi) is 2.71. The third-order valence-electron chi connectivity index (χ3n) is 2.59. The number of rotatable bonds is 4. The fraction of sp³-hybridized carbons (Fsp3) is 0.455. The van der Waals surface area contributed by atoms with Crippen LogP contribution in [0, 0.1) is 0 Å². The van der Waals surface area contributed by atoms with E-state index in [0.717, 1.165) is 0 Å². The molecule has 0 saturated carbocycles. The summed E-state index contributed by atoms with van der Waals surface area (Å²) in [5, 5.41) is 2.63. The van der Waals surface area contributed by atoms with E-state index in [-0.39, 0.29) is 11.7 Å². The minimum atomic E-state index is -2.89. The van der Waals surface area contributed by atoms with Gasteiger partial charge < -0.3 is 10.1 Å². The maximum atomic E-state index is 14.0. The van der Waals surface area contributed by atoms with Crippen LogP contribution in [-0.4, -0.2) is 25.8 Å². The largest absolute Gasteiger partial charge is 0.371 e. The number of hydrogen-bond donors (Lipinski definition) is 1. The van der Waals surface area contributed by atoms with Crippen molar-refractivity contribution in [3.8, 4) is 0 Å². The molecule has 1 aliphatic heterocycles. The molecule has 2 nitrogen and oxygen atoms in total. The lowest BCUT2D eigenvalue weighted by molar-refractivity contribution is -0.0492. The third-order valence-corrected chi connectivity index (χ3v) is 2.59. The van der Waals surface area contributed by atoms with Crippen LogP contribution in [0.1, 0.15) is 5.56 Å². The normalized spacial score (nSPS) is 22.5. The molecule has 1 aromatic rings. The Morgan fingerprint density at radius 2 is 2.00 bits per heavy atom. The van der Waals surface area contributed by atoms with E-state index in [1.54, 1.807) is 18.2 Å². The van der Waals surface area contributed by atoms with Gasteiger partial charge in [-0.15, -0.1) is 0 Å². The van der Waals surface area contributed by atoms with Crippen molar-refractivity contribution < 1.29 is 13.5 Å². The van der Waals surface area contributed by atoms with Crippen LogP contribution in [-0.2, 0) is 10.7 Å². The van der Waals surface area contributed by atoms with Crippen LogP contribution < -0.4 is 5.32 Å². The molecule has 0 bridgehead atoms. The molecule has 2 atom stereocenters. The molecule has 0 unspecified atom stereocenters. The number of likely N-dealkylation sites (N-methyl/N-ethyl adjacent to an activating group) is 1. The molecular weight excluding hydrogens is 200 g/mol. The fourth-order valence-electron chi connectivity index (χ4n) is 1.69. The average molecular weight is 213 g/mol. The maximum absolute atomic E-state index is 14.0. The highest BCUT2D eigenvalue weighted by atomic mass is 19.3. The van der Waals surface area contributed by atoms with Gasteiger partial charge in [0, 0.05) is 5.56 Å². The van der Waals surface area contributed by atoms with Gasteiger partial charge in [-0.2, -0.15) is 8.78 Å². The second-order valence-electron chi connectivity index (χ2n) is 3.63. The van der Waals surface area contributed by atoms with E-state index in [9.17, 15) is 8.78 Å². The minimum Gasteiger partial charge on any atom is -0.371 e. The highest BCUT2D eigenvalue weighted by Crippen LogP contribution is 2.36. The molecule has 0 aliphatic carbocycles. The Labute approximate surface area is 87.2 Å². The van der Waals surface area contributed by atoms with Gasteiger partial charge in [-0.05, 0) is 7.05 Å². The zero-order valence-corrected chi connectivity index (χ0v) is 8.41. The first-order chi connectivity index (χ1) is 7.16. The SMILES string of the molecule is CN[C@@H]([C@@H]1CO1)C(F)(F)c1ccccc1. The van der Waals surface area contributed by atoms with Crippen molar-refractivity contribution >= 4 is 0 Å². The molecular formula is C11H13F2NO. The van der Waals surface area contributed by atoms with Crippen molar-refractivity contribution in [2.24, 2.45) is 0 Å². The molecule has 0 amide bonds. The van der Waals surface area contributed by atoms with E-state index in [1.807, 2.05) is 0 Å². The molecule has 1 heterocycles. The second kappa shape index (κ2) is 3.87. The highest BCUT2D eigenvalue weighted by molar-refractivity contribution is 5.23. The van der Waals surface area contributed by atoms with Gasteiger partial charge in [0.2, 0.25) is 0 Å². The summed E-state index contributed by atoms with van der Waals surface area (Å²) >= 11 is 0. The first-order valence-electron chi connectivity index (χ1n) is 4.88. The zero-order chi connectivity index (χ0) is 10.9. The number of nitrogens with one attached hydrogen (secondary N) is 1. The van der Waals surface area contributed by atoms with E-state index in [2.05, 4.69) is 5.32 Å². The standard InChI is InChI=1S/C11H13F2NO/c1-14-10(9-7-15-9)11(12,13)8-5-3-2-4-6-8/h2-6,9-10,14H,7H2,1H3/t9-,10-/m0/s1. The summed E-state index contributed by atoms with van der Waals surface area (Å²) in [6.07, 6.45) is -0.370. The zero-order valence-electron chi connectivity index (χ0n) is 8.41. The number of halogens is 2. The number of ether oxygens (including phenoxy) is 1. The smallest absolute Gasteiger partial charge is 0.290 e. The van der Waals surface area contributed by atoms with Gasteiger partial charge in [-0.3, -0.25) is 0 Å². The molecule has 0 spiro atoms. The monoisotopic (exact) mass is 213 g/mol. The molecule has 1 fully saturated rings. The van der Waals surface area contributed by atoms with Crippen LogP contribution in [0.3, 0.4) is 0 Å². The molecule has 2 rings (SSSR count). The van der Waals surface area contributed by atoms with Gasteiger partial charge >= 0.3 is 0 Å². The lowest BCUT2D eigenvalue weighted by Gasteiger charge is -2.25. The van der Waals surface area contributed by atoms with Crippen LogP contribution in [0.2, 0.25) is 0 Å². The topological polar surface area (TPSA) is 24.6 Å². The molecule has 1 N–H and O–H groups in total. The Balaban J connectivity index is 2.24. The summed E-state index contributed by atoms with van der Waals surface area (Å²) in [6.45, 7) is 0.411. The van der Waals surface area contributed by atoms with Gasteiger partial charge in [0.1, 0.15) is 12.1 Å². The second-order valence-corrected chi connectivity index (χ2v) is 3.63. The van der Waals surface area contributed by atoms with Crippen molar-refractivity contribution in [2.75, 3.05) is 13.7 Å². The molecule has 15 heavy (non-hydrogen) atoms. The van der Waals surface area contributed by atoms with E-state index in [0.29, 0.717) is 6.61 Å². The Morgan fingerprint density at radius 3 is 2.47 bits per heavy atom. The first-order valence-corrected chi connectivity index (χ1v) is 4.88. The van der Waals surface area contributed by atoms with Crippen molar-refractivity contribution in [1.29, 1.82) is 0 Å². The van der Waals surface area contributed by atoms with Crippen LogP contribution >= 0.6 is 0 Å². The summed E-state index contributed by atoms with van der Waals surface area (Å²) in [6, 6.07) is 6.88. The fourth-order valence-corrected chi connectivity index (χ4v) is 1.69. The molecule has 1 saturated heterocycles. The van der Waals surface area contributed by atoms with Gasteiger partial charge in [0.25, 0.3) is 5.92 Å². The quantitative estimate of drug-likeness (QED) is 0.771. The van der Waals surface area contributed by atoms with Crippen LogP contribution in [0.25, 0.3) is 0 Å². The molecule has 1 aromatic carbocycles. The number of hydrogen-bond acceptors (Lipinski definition) is 2. The van der Waals surface area contributed by atoms with Crippen molar-refractivity contribution in [1.82, 2.24) is 5.32 Å². The van der Waals surface area contributed by atoms with E-state index >= 15 is 0 Å². The summed E-state index contributed by atoms with van der Waals surface area (Å²) in [5.41, 5.74) is 0.0276. The van der Waals surface area contributed by atoms with Crippen molar-refractivity contribution in [2.45, 2.75) is 18.1 Å². The van der Waals surface area contributed by atoms with E-state index in [4.69, 9.17) is 4.74 Å². The summed E-state index contributed by atoms with van der Waals surface area (Å²) in [5.74, 6) is -2.89. The number of epoxide rings is 1. The summed E-state index contributed by atoms with van der Waals surface area (Å²) < 4.78 is 32.9. The van der Waals surface area contributed by atoms with Crippen LogP contribution in [0.15, 0.2) is 30.3 Å². The lowest BCUT2D eigenvalue weighted by Crippen LogP contribution is -2.45. The van der Waals surface area contributed by atoms with Gasteiger partial charge in [-0.25, -0.2) is 0 Å². The van der Waals surface area contributed by atoms with Gasteiger partial charge in [0.05, 0.1) is 6.61 Å². The predicted molar refractivity (Wildman–Crippen MR) is 52.9 cm³/mol. The first kappa shape index (κ1) is 10.5. The molecule has 0 radical (unpaired) electrons. The Bertz CT molecular complexity index is 325. The maximum Gasteiger partial charge on any atom is 0.290 e. The molecule has 82 valence electrons. The van der Waals surface area contributed by atoms with Crippen molar-refractivity contribution in [3.63, 3.8) is 0 Å². The Morgan fingerprint density at radius 1 is 1.40 bits per heavy atom. The highest BCUT2D eigenvalue weighted by Gasteiger charge is 2.49. The molecule has 1 aliphatic rings. The minimum absolute atomic E-state index is 0.0276. The van der Waals surface area contributed by atoms with E-state index in [1.165, 1.54) is 19.2 Å². The third kappa shape index (κ3) is 2.01. The summed E-state index contributed by atoms with van der Waals surface area (Å²) in [4.78, 5) is 0. The average Bonchev–Trinajstić information content (AvgIpc) is 3.04. The summed E-state index contributed by atoms with van der Waals surface area (Å²) in [7, 11) is 1.53. The predicted octanol–water partition coefficient (Wildman–Crippen LogP) is 1.77. The van der Waals surface area contributed by atoms with Crippen LogP contribution in [0.4, 0.5) is 8.78 Å². The Hall–Kier alpha value is -1.00. The number of benzene rings is 1. The lowest BCUT2D eigenvalue weighted by atomic mass is 9.99. The molecule has 4 heteroatoms.